The first-order valence-corrected chi connectivity index (χ1v) is 12.8. The smallest absolute Gasteiger partial charge is 0.243 e. The van der Waals surface area contributed by atoms with Crippen LogP contribution in [0.3, 0.4) is 0 Å². The fourth-order valence-corrected chi connectivity index (χ4v) is 6.92. The molecule has 1 fully saturated rings. The van der Waals surface area contributed by atoms with E-state index >= 15 is 0 Å². The van der Waals surface area contributed by atoms with Crippen molar-refractivity contribution in [1.82, 2.24) is 4.31 Å². The number of sulfonamides is 1. The number of benzene rings is 3. The molecule has 0 unspecified atom stereocenters. The quantitative estimate of drug-likeness (QED) is 0.538. The molecule has 0 spiro atoms. The third-order valence-corrected chi connectivity index (χ3v) is 9.48. The van der Waals surface area contributed by atoms with Gasteiger partial charge in [0.25, 0.3) is 0 Å². The van der Waals surface area contributed by atoms with Gasteiger partial charge in [-0.3, -0.25) is 0 Å². The average Bonchev–Trinajstić information content (AvgIpc) is 2.73. The lowest BCUT2D eigenvalue weighted by Crippen LogP contribution is -2.56. The fourth-order valence-electron chi connectivity index (χ4n) is 3.38. The third-order valence-electron chi connectivity index (χ3n) is 5.29. The van der Waals surface area contributed by atoms with Gasteiger partial charge in [-0.1, -0.05) is 35.9 Å². The van der Waals surface area contributed by atoms with E-state index < -0.39 is 25.1 Å². The number of hydrogen-bond donors (Lipinski definition) is 0. The molecule has 3 aromatic rings. The zero-order valence-corrected chi connectivity index (χ0v) is 19.0. The summed E-state index contributed by atoms with van der Waals surface area (Å²) in [6, 6.07) is 19.8. The molecular formula is C22H20ClNO5S2. The van der Waals surface area contributed by atoms with E-state index in [0.717, 1.165) is 11.1 Å². The van der Waals surface area contributed by atoms with Crippen LogP contribution in [0.1, 0.15) is 0 Å². The van der Waals surface area contributed by atoms with Crippen LogP contribution in [0.5, 0.6) is 5.75 Å². The molecule has 0 bridgehead atoms. The number of nitrogens with zero attached hydrogens (tertiary/aromatic N) is 1. The van der Waals surface area contributed by atoms with Gasteiger partial charge in [-0.15, -0.1) is 0 Å². The van der Waals surface area contributed by atoms with Crippen LogP contribution in [0.2, 0.25) is 5.02 Å². The summed E-state index contributed by atoms with van der Waals surface area (Å²) >= 11 is 5.92. The van der Waals surface area contributed by atoms with Crippen molar-refractivity contribution in [2.24, 2.45) is 0 Å². The van der Waals surface area contributed by atoms with Gasteiger partial charge in [0.1, 0.15) is 5.75 Å². The lowest BCUT2D eigenvalue weighted by molar-refractivity contribution is 0.309. The average molecular weight is 478 g/mol. The van der Waals surface area contributed by atoms with Gasteiger partial charge >= 0.3 is 0 Å². The Kier molecular flexibility index (Phi) is 5.83. The van der Waals surface area contributed by atoms with Crippen LogP contribution in [0.25, 0.3) is 11.1 Å². The van der Waals surface area contributed by atoms with Gasteiger partial charge in [-0.25, -0.2) is 16.8 Å². The zero-order valence-electron chi connectivity index (χ0n) is 16.6. The second-order valence-electron chi connectivity index (χ2n) is 7.20. The van der Waals surface area contributed by atoms with Crippen LogP contribution in [0.15, 0.2) is 82.6 Å². The molecule has 9 heteroatoms. The topological polar surface area (TPSA) is 80.8 Å². The van der Waals surface area contributed by atoms with Gasteiger partial charge in [-0.05, 0) is 59.7 Å². The predicted octanol–water partition coefficient (Wildman–Crippen LogP) is 3.86. The highest BCUT2D eigenvalue weighted by molar-refractivity contribution is 7.92. The second kappa shape index (κ2) is 8.27. The number of sulfone groups is 1. The molecule has 4 rings (SSSR count). The predicted molar refractivity (Wildman–Crippen MR) is 120 cm³/mol. The first-order valence-electron chi connectivity index (χ1n) is 9.46. The van der Waals surface area contributed by atoms with Crippen LogP contribution in [-0.4, -0.2) is 46.6 Å². The van der Waals surface area contributed by atoms with Crippen molar-refractivity contribution in [3.05, 3.63) is 77.8 Å². The van der Waals surface area contributed by atoms with E-state index in [1.165, 1.54) is 29.6 Å². The molecule has 0 amide bonds. The molecule has 162 valence electrons. The molecule has 1 saturated heterocycles. The largest absolute Gasteiger partial charge is 0.497 e. The minimum atomic E-state index is -3.80. The van der Waals surface area contributed by atoms with Crippen LogP contribution in [0, 0.1) is 0 Å². The van der Waals surface area contributed by atoms with Crippen LogP contribution < -0.4 is 4.74 Å². The molecule has 1 heterocycles. The number of methoxy groups -OCH3 is 1. The summed E-state index contributed by atoms with van der Waals surface area (Å²) in [5, 5.41) is -0.188. The summed E-state index contributed by atoms with van der Waals surface area (Å²) in [7, 11) is -5.94. The standard InChI is InChI=1S/C22H20ClNO5S2/c1-29-19-9-11-20(12-10-19)30(25,26)22-14-24(15-22)31(27,28)21-4-2-3-17(13-21)16-5-7-18(23)8-6-16/h2-13,22H,14-15H2,1H3. The van der Waals surface area contributed by atoms with Crippen molar-refractivity contribution in [3.8, 4) is 16.9 Å². The lowest BCUT2D eigenvalue weighted by atomic mass is 10.1. The van der Waals surface area contributed by atoms with E-state index in [9.17, 15) is 16.8 Å². The molecular weight excluding hydrogens is 458 g/mol. The fraction of sp³-hybridized carbons (Fsp3) is 0.182. The summed E-state index contributed by atoms with van der Waals surface area (Å²) in [5.74, 6) is 0.553. The molecule has 0 saturated carbocycles. The monoisotopic (exact) mass is 477 g/mol. The minimum absolute atomic E-state index is 0.0815. The Balaban J connectivity index is 1.52. The summed E-state index contributed by atoms with van der Waals surface area (Å²) in [6.07, 6.45) is 0. The molecule has 0 aromatic heterocycles. The van der Waals surface area contributed by atoms with E-state index in [2.05, 4.69) is 0 Å². The summed E-state index contributed by atoms with van der Waals surface area (Å²) in [4.78, 5) is 0.278. The molecule has 0 N–H and O–H groups in total. The molecule has 0 radical (unpaired) electrons. The number of halogens is 1. The Morgan fingerprint density at radius 2 is 1.48 bits per heavy atom. The third kappa shape index (κ3) is 4.21. The zero-order chi connectivity index (χ0) is 22.2. The van der Waals surface area contributed by atoms with E-state index in [0.29, 0.717) is 10.8 Å². The maximum absolute atomic E-state index is 13.0. The van der Waals surface area contributed by atoms with Gasteiger partial charge in [0.05, 0.1) is 22.2 Å². The van der Waals surface area contributed by atoms with Gasteiger partial charge < -0.3 is 4.74 Å². The molecule has 3 aromatic carbocycles. The Morgan fingerprint density at radius 1 is 0.839 bits per heavy atom. The van der Waals surface area contributed by atoms with E-state index in [1.54, 1.807) is 36.4 Å². The maximum atomic E-state index is 13.0. The summed E-state index contributed by atoms with van der Waals surface area (Å²) < 4.78 is 58.0. The maximum Gasteiger partial charge on any atom is 0.243 e. The minimum Gasteiger partial charge on any atom is -0.497 e. The Labute approximate surface area is 187 Å². The van der Waals surface area contributed by atoms with Gasteiger partial charge in [0.15, 0.2) is 9.84 Å². The highest BCUT2D eigenvalue weighted by Crippen LogP contribution is 2.31. The van der Waals surface area contributed by atoms with Crippen LogP contribution >= 0.6 is 11.6 Å². The number of ether oxygens (including phenoxy) is 1. The van der Waals surface area contributed by atoms with Gasteiger partial charge in [-0.2, -0.15) is 4.31 Å². The number of hydrogen-bond acceptors (Lipinski definition) is 5. The van der Waals surface area contributed by atoms with E-state index in [4.69, 9.17) is 16.3 Å². The normalized spacial score (nSPS) is 15.4. The lowest BCUT2D eigenvalue weighted by Gasteiger charge is -2.37. The number of rotatable bonds is 6. The van der Waals surface area contributed by atoms with Crippen molar-refractivity contribution in [1.29, 1.82) is 0 Å². The summed E-state index contributed by atoms with van der Waals surface area (Å²) in [5.41, 5.74) is 1.57. The molecule has 1 aliphatic heterocycles. The first-order chi connectivity index (χ1) is 14.7. The van der Waals surface area contributed by atoms with Crippen molar-refractivity contribution < 1.29 is 21.6 Å². The Morgan fingerprint density at radius 3 is 2.10 bits per heavy atom. The molecule has 0 aliphatic carbocycles. The van der Waals surface area contributed by atoms with E-state index in [-0.39, 0.29) is 22.9 Å². The molecule has 6 nitrogen and oxygen atoms in total. The van der Waals surface area contributed by atoms with Crippen molar-refractivity contribution in [3.63, 3.8) is 0 Å². The summed E-state index contributed by atoms with van der Waals surface area (Å²) in [6.45, 7) is -0.163. The van der Waals surface area contributed by atoms with Crippen molar-refractivity contribution in [2.45, 2.75) is 15.0 Å². The molecule has 0 atom stereocenters. The SMILES string of the molecule is COc1ccc(S(=O)(=O)C2CN(S(=O)(=O)c3cccc(-c4ccc(Cl)cc4)c3)C2)cc1. The van der Waals surface area contributed by atoms with Crippen LogP contribution in [0.4, 0.5) is 0 Å². The first kappa shape index (κ1) is 21.8. The highest BCUT2D eigenvalue weighted by Gasteiger charge is 2.44. The van der Waals surface area contributed by atoms with Crippen molar-refractivity contribution >= 4 is 31.5 Å². The molecule has 1 aliphatic rings. The highest BCUT2D eigenvalue weighted by atomic mass is 35.5. The second-order valence-corrected chi connectivity index (χ2v) is 11.8. The van der Waals surface area contributed by atoms with Gasteiger partial charge in [0.2, 0.25) is 10.0 Å². The Bertz CT molecular complexity index is 1300. The van der Waals surface area contributed by atoms with Crippen LogP contribution in [-0.2, 0) is 19.9 Å². The Hall–Kier alpha value is -2.39. The van der Waals surface area contributed by atoms with E-state index in [1.807, 2.05) is 18.2 Å². The van der Waals surface area contributed by atoms with Crippen molar-refractivity contribution in [2.75, 3.05) is 20.2 Å². The molecule has 31 heavy (non-hydrogen) atoms. The van der Waals surface area contributed by atoms with Gasteiger partial charge in [0, 0.05) is 18.1 Å².